The zero-order chi connectivity index (χ0) is 24.4. The summed E-state index contributed by atoms with van der Waals surface area (Å²) in [5, 5.41) is 5.32. The molecule has 1 unspecified atom stereocenters. The summed E-state index contributed by atoms with van der Waals surface area (Å²) in [6.45, 7) is 3.09. The van der Waals surface area contributed by atoms with Gasteiger partial charge >= 0.3 is 6.03 Å². The molecule has 0 saturated carbocycles. The summed E-state index contributed by atoms with van der Waals surface area (Å²) in [5.74, 6) is 2.24. The van der Waals surface area contributed by atoms with Crippen molar-refractivity contribution in [2.24, 2.45) is 0 Å². The van der Waals surface area contributed by atoms with Crippen LogP contribution in [0, 0.1) is 0 Å². The summed E-state index contributed by atoms with van der Waals surface area (Å²) in [6, 6.07) is 11.6. The van der Waals surface area contributed by atoms with E-state index in [0.717, 1.165) is 47.2 Å². The van der Waals surface area contributed by atoms with Gasteiger partial charge in [0.05, 0.1) is 26.9 Å². The Morgan fingerprint density at radius 1 is 1.17 bits per heavy atom. The Bertz CT molecular complexity index is 1330. The molecule has 0 radical (unpaired) electrons. The van der Waals surface area contributed by atoms with Crippen LogP contribution in [0.2, 0.25) is 0 Å². The SMILES string of the molecule is CCOc1cc2c(cc1OC)CCN(C(=O)n1cccn1)C2CCc1c[nH]c2ccc(OC)cc12. The van der Waals surface area contributed by atoms with Gasteiger partial charge in [0.25, 0.3) is 0 Å². The maximum atomic E-state index is 13.4. The van der Waals surface area contributed by atoms with Gasteiger partial charge in [0.2, 0.25) is 0 Å². The molecular weight excluding hydrogens is 444 g/mol. The molecule has 3 heterocycles. The fourth-order valence-electron chi connectivity index (χ4n) is 4.97. The summed E-state index contributed by atoms with van der Waals surface area (Å²) in [4.78, 5) is 18.7. The van der Waals surface area contributed by atoms with Crippen LogP contribution in [0.15, 0.2) is 55.0 Å². The molecule has 0 fully saturated rings. The van der Waals surface area contributed by atoms with E-state index in [1.54, 1.807) is 32.7 Å². The number of rotatable bonds is 7. The number of methoxy groups -OCH3 is 2. The fraction of sp³-hybridized carbons (Fsp3) is 0.333. The van der Waals surface area contributed by atoms with Crippen LogP contribution in [0.1, 0.15) is 36.1 Å². The van der Waals surface area contributed by atoms with Crippen LogP contribution in [0.5, 0.6) is 17.2 Å². The van der Waals surface area contributed by atoms with Gasteiger partial charge in [0.15, 0.2) is 11.5 Å². The molecule has 0 saturated heterocycles. The van der Waals surface area contributed by atoms with Gasteiger partial charge in [-0.2, -0.15) is 9.78 Å². The summed E-state index contributed by atoms with van der Waals surface area (Å²) in [6.07, 6.45) is 7.65. The minimum atomic E-state index is -0.129. The van der Waals surface area contributed by atoms with E-state index in [0.29, 0.717) is 18.9 Å². The molecule has 0 spiro atoms. The second-order valence-corrected chi connectivity index (χ2v) is 8.59. The van der Waals surface area contributed by atoms with Gasteiger partial charge in [0.1, 0.15) is 5.75 Å². The number of benzene rings is 2. The highest BCUT2D eigenvalue weighted by atomic mass is 16.5. The topological polar surface area (TPSA) is 81.6 Å². The molecule has 8 nitrogen and oxygen atoms in total. The molecule has 0 bridgehead atoms. The lowest BCUT2D eigenvalue weighted by molar-refractivity contribution is 0.163. The van der Waals surface area contributed by atoms with E-state index in [9.17, 15) is 4.79 Å². The third kappa shape index (κ3) is 4.32. The Morgan fingerprint density at radius 2 is 2.06 bits per heavy atom. The second kappa shape index (κ2) is 9.74. The number of aromatic amines is 1. The van der Waals surface area contributed by atoms with Gasteiger partial charge < -0.3 is 24.1 Å². The zero-order valence-corrected chi connectivity index (χ0v) is 20.3. The Morgan fingerprint density at radius 3 is 2.80 bits per heavy atom. The first kappa shape index (κ1) is 22.8. The number of carbonyl (C=O) groups excluding carboxylic acids is 1. The summed E-state index contributed by atoms with van der Waals surface area (Å²) in [7, 11) is 3.33. The van der Waals surface area contributed by atoms with Gasteiger partial charge in [-0.3, -0.25) is 0 Å². The van der Waals surface area contributed by atoms with Gasteiger partial charge in [-0.25, -0.2) is 4.79 Å². The van der Waals surface area contributed by atoms with E-state index in [4.69, 9.17) is 14.2 Å². The number of ether oxygens (including phenoxy) is 3. The Balaban J connectivity index is 1.52. The fourth-order valence-corrected chi connectivity index (χ4v) is 4.97. The minimum Gasteiger partial charge on any atom is -0.497 e. The molecule has 0 aliphatic carbocycles. The van der Waals surface area contributed by atoms with Crippen LogP contribution in [-0.2, 0) is 12.8 Å². The van der Waals surface area contributed by atoms with Crippen molar-refractivity contribution in [2.75, 3.05) is 27.4 Å². The number of hydrogen-bond donors (Lipinski definition) is 1. The van der Waals surface area contributed by atoms with Crippen molar-refractivity contribution in [3.05, 3.63) is 71.7 Å². The van der Waals surface area contributed by atoms with Gasteiger partial charge in [-0.15, -0.1) is 0 Å². The molecule has 2 aromatic heterocycles. The molecule has 1 amide bonds. The van der Waals surface area contributed by atoms with Crippen LogP contribution in [0.4, 0.5) is 4.79 Å². The van der Waals surface area contributed by atoms with Crippen LogP contribution in [-0.4, -0.2) is 53.1 Å². The molecular formula is C27H30N4O4. The van der Waals surface area contributed by atoms with Crippen molar-refractivity contribution in [3.63, 3.8) is 0 Å². The number of carbonyl (C=O) groups is 1. The number of nitrogens with one attached hydrogen (secondary N) is 1. The minimum absolute atomic E-state index is 0.125. The average Bonchev–Trinajstić information content (AvgIpc) is 3.56. The summed E-state index contributed by atoms with van der Waals surface area (Å²) < 4.78 is 18.3. The lowest BCUT2D eigenvalue weighted by atomic mass is 9.88. The number of hydrogen-bond acceptors (Lipinski definition) is 5. The smallest absolute Gasteiger partial charge is 0.345 e. The number of nitrogens with zero attached hydrogens (tertiary/aromatic N) is 3. The number of fused-ring (bicyclic) bond motifs is 2. The van der Waals surface area contributed by atoms with Gasteiger partial charge in [-0.05, 0) is 79.3 Å². The molecule has 8 heteroatoms. The number of amides is 1. The van der Waals surface area contributed by atoms with Crippen molar-refractivity contribution in [1.82, 2.24) is 19.7 Å². The summed E-state index contributed by atoms with van der Waals surface area (Å²) in [5.41, 5.74) is 4.53. The quantitative estimate of drug-likeness (QED) is 0.409. The largest absolute Gasteiger partial charge is 0.497 e. The molecule has 2 aromatic carbocycles. The van der Waals surface area contributed by atoms with Crippen molar-refractivity contribution < 1.29 is 19.0 Å². The van der Waals surface area contributed by atoms with E-state index in [1.165, 1.54) is 15.8 Å². The highest BCUT2D eigenvalue weighted by Gasteiger charge is 2.33. The zero-order valence-electron chi connectivity index (χ0n) is 20.3. The maximum Gasteiger partial charge on any atom is 0.345 e. The molecule has 1 N–H and O–H groups in total. The predicted octanol–water partition coefficient (Wildman–Crippen LogP) is 4.98. The number of H-pyrrole nitrogens is 1. The lowest BCUT2D eigenvalue weighted by Gasteiger charge is -2.37. The second-order valence-electron chi connectivity index (χ2n) is 8.59. The molecule has 1 aliphatic rings. The average molecular weight is 475 g/mol. The Hall–Kier alpha value is -3.94. The molecule has 1 aliphatic heterocycles. The third-order valence-corrected chi connectivity index (χ3v) is 6.69. The normalized spacial score (nSPS) is 15.2. The van der Waals surface area contributed by atoms with Crippen molar-refractivity contribution in [1.29, 1.82) is 0 Å². The molecule has 35 heavy (non-hydrogen) atoms. The Kier molecular flexibility index (Phi) is 6.35. The number of aromatic nitrogens is 3. The first-order valence-electron chi connectivity index (χ1n) is 11.9. The summed E-state index contributed by atoms with van der Waals surface area (Å²) >= 11 is 0. The van der Waals surface area contributed by atoms with Crippen molar-refractivity contribution in [3.8, 4) is 17.2 Å². The van der Waals surface area contributed by atoms with E-state index in [1.807, 2.05) is 36.2 Å². The van der Waals surface area contributed by atoms with E-state index in [2.05, 4.69) is 22.2 Å². The lowest BCUT2D eigenvalue weighted by Crippen LogP contribution is -2.42. The molecule has 5 rings (SSSR count). The van der Waals surface area contributed by atoms with E-state index in [-0.39, 0.29) is 12.1 Å². The van der Waals surface area contributed by atoms with Crippen LogP contribution in [0.3, 0.4) is 0 Å². The van der Waals surface area contributed by atoms with Gasteiger partial charge in [-0.1, -0.05) is 0 Å². The van der Waals surface area contributed by atoms with E-state index >= 15 is 0 Å². The van der Waals surface area contributed by atoms with Crippen LogP contribution < -0.4 is 14.2 Å². The van der Waals surface area contributed by atoms with Crippen molar-refractivity contribution >= 4 is 16.9 Å². The van der Waals surface area contributed by atoms with E-state index < -0.39 is 0 Å². The molecule has 1 atom stereocenters. The van der Waals surface area contributed by atoms with Gasteiger partial charge in [0, 0.05) is 36.0 Å². The van der Waals surface area contributed by atoms with Crippen molar-refractivity contribution in [2.45, 2.75) is 32.2 Å². The molecule has 4 aromatic rings. The first-order valence-corrected chi connectivity index (χ1v) is 11.9. The standard InChI is InChI=1S/C27H30N4O4/c1-4-35-26-16-22-18(14-25(26)34-3)10-13-30(27(32)31-12-5-11-29-31)24(22)9-6-19-17-28-23-8-7-20(33-2)15-21(19)23/h5,7-8,11-12,14-17,24,28H,4,6,9-10,13H2,1-3H3. The molecule has 182 valence electrons. The third-order valence-electron chi connectivity index (χ3n) is 6.69. The monoisotopic (exact) mass is 474 g/mol. The number of aryl methyl sites for hydroxylation is 1. The highest BCUT2D eigenvalue weighted by molar-refractivity contribution is 5.84. The first-order chi connectivity index (χ1) is 17.1. The van der Waals surface area contributed by atoms with Crippen LogP contribution >= 0.6 is 0 Å². The maximum absolute atomic E-state index is 13.4. The highest BCUT2D eigenvalue weighted by Crippen LogP contribution is 2.40. The Labute approximate surface area is 204 Å². The van der Waals surface area contributed by atoms with Crippen LogP contribution in [0.25, 0.3) is 10.9 Å². The predicted molar refractivity (Wildman–Crippen MR) is 134 cm³/mol.